The number of para-hydroxylation sites is 3. The van der Waals surface area contributed by atoms with E-state index in [4.69, 9.17) is 32.7 Å². The van der Waals surface area contributed by atoms with Gasteiger partial charge in [0.05, 0.1) is 10.8 Å². The molecule has 0 aliphatic carbocycles. The third kappa shape index (κ3) is 4.57. The van der Waals surface area contributed by atoms with Crippen LogP contribution in [0.5, 0.6) is 11.5 Å². The van der Waals surface area contributed by atoms with Crippen LogP contribution in [0.1, 0.15) is 22.3 Å². The number of hydrogen-bond donors (Lipinski definition) is 0. The Morgan fingerprint density at radius 2 is 1.76 bits per heavy atom. The van der Waals surface area contributed by atoms with Crippen LogP contribution in [0.2, 0.25) is 10.0 Å². The average Bonchev–Trinajstić information content (AvgIpc) is 3.27. The highest BCUT2D eigenvalue weighted by Crippen LogP contribution is 2.37. The molecule has 166 valence electrons. The number of ketones is 1. The molecule has 33 heavy (non-hydrogen) atoms. The first-order valence-corrected chi connectivity index (χ1v) is 11.8. The molecule has 5 rings (SSSR count). The number of hydrogen-bond acceptors (Lipinski definition) is 6. The normalized spacial score (nSPS) is 14.8. The van der Waals surface area contributed by atoms with Crippen molar-refractivity contribution in [3.63, 3.8) is 0 Å². The lowest BCUT2D eigenvalue weighted by Crippen LogP contribution is -2.24. The summed E-state index contributed by atoms with van der Waals surface area (Å²) in [5.74, 6) is 1.95. The maximum absolute atomic E-state index is 12.8. The van der Waals surface area contributed by atoms with Crippen molar-refractivity contribution >= 4 is 40.7 Å². The van der Waals surface area contributed by atoms with E-state index in [-0.39, 0.29) is 11.5 Å². The van der Waals surface area contributed by atoms with Gasteiger partial charge in [0.15, 0.2) is 34.4 Å². The second-order valence-corrected chi connectivity index (χ2v) is 9.00. The highest BCUT2D eigenvalue weighted by atomic mass is 35.5. The third-order valence-electron chi connectivity index (χ3n) is 5.03. The zero-order valence-corrected chi connectivity index (χ0v) is 19.5. The Morgan fingerprint density at radius 3 is 2.55 bits per heavy atom. The average molecular weight is 498 g/mol. The molecule has 1 aromatic heterocycles. The molecule has 3 aromatic carbocycles. The quantitative estimate of drug-likeness (QED) is 0.238. The maximum Gasteiger partial charge on any atom is 0.196 e. The summed E-state index contributed by atoms with van der Waals surface area (Å²) < 4.78 is 13.9. The van der Waals surface area contributed by atoms with Crippen LogP contribution in [0.15, 0.2) is 78.0 Å². The smallest absolute Gasteiger partial charge is 0.196 e. The van der Waals surface area contributed by atoms with Crippen LogP contribution >= 0.6 is 35.0 Å². The zero-order chi connectivity index (χ0) is 22.8. The molecule has 0 saturated carbocycles. The molecular weight excluding hydrogens is 481 g/mol. The van der Waals surface area contributed by atoms with E-state index < -0.39 is 6.10 Å². The lowest BCUT2D eigenvalue weighted by atomic mass is 10.1. The molecule has 0 spiro atoms. The number of ether oxygens (including phenoxy) is 2. The van der Waals surface area contributed by atoms with Crippen LogP contribution in [0.4, 0.5) is 0 Å². The molecule has 0 bridgehead atoms. The number of carbonyl (C=O) groups excluding carboxylic acids is 1. The predicted molar refractivity (Wildman–Crippen MR) is 128 cm³/mol. The van der Waals surface area contributed by atoms with Crippen LogP contribution in [0, 0.1) is 0 Å². The first kappa shape index (κ1) is 21.8. The standard InChI is InChI=1S/C24H17Cl2N3O3S/c25-15-10-11-17(18(26)12-15)19(30)14-33-24-28-27-23(29(24)16-6-2-1-3-7-16)22-13-31-20-8-4-5-9-21(20)32-22/h1-12,22H,13-14H2/t22-/m1/s1. The monoisotopic (exact) mass is 497 g/mol. The Bertz CT molecular complexity index is 1310. The second-order valence-electron chi connectivity index (χ2n) is 7.21. The van der Waals surface area contributed by atoms with Crippen molar-refractivity contribution in [3.8, 4) is 17.2 Å². The fourth-order valence-corrected chi connectivity index (χ4v) is 4.83. The van der Waals surface area contributed by atoms with Crippen LogP contribution in [-0.2, 0) is 0 Å². The van der Waals surface area contributed by atoms with Gasteiger partial charge in [-0.05, 0) is 42.5 Å². The van der Waals surface area contributed by atoms with Crippen molar-refractivity contribution in [2.75, 3.05) is 12.4 Å². The maximum atomic E-state index is 12.8. The number of benzene rings is 3. The summed E-state index contributed by atoms with van der Waals surface area (Å²) in [6.07, 6.45) is -0.455. The molecule has 1 atom stereocenters. The number of Topliss-reactive ketones (excluding diaryl/α,β-unsaturated/α-hetero) is 1. The molecule has 0 radical (unpaired) electrons. The molecule has 0 unspecified atom stereocenters. The third-order valence-corrected chi connectivity index (χ3v) is 6.51. The van der Waals surface area contributed by atoms with E-state index in [0.29, 0.717) is 44.7 Å². The SMILES string of the molecule is O=C(CSc1nnc([C@H]2COc3ccccc3O2)n1-c1ccccc1)c1ccc(Cl)cc1Cl. The van der Waals surface area contributed by atoms with Gasteiger partial charge in [0.1, 0.15) is 6.61 Å². The fourth-order valence-electron chi connectivity index (χ4n) is 3.47. The second kappa shape index (κ2) is 9.47. The van der Waals surface area contributed by atoms with Gasteiger partial charge < -0.3 is 9.47 Å². The molecule has 0 N–H and O–H groups in total. The number of rotatable bonds is 6. The van der Waals surface area contributed by atoms with Gasteiger partial charge in [0.25, 0.3) is 0 Å². The van der Waals surface area contributed by atoms with Gasteiger partial charge in [-0.25, -0.2) is 0 Å². The summed E-state index contributed by atoms with van der Waals surface area (Å²) in [5, 5.41) is 10.1. The van der Waals surface area contributed by atoms with Crippen LogP contribution < -0.4 is 9.47 Å². The number of halogens is 2. The molecule has 0 fully saturated rings. The Kier molecular flexibility index (Phi) is 6.26. The summed E-state index contributed by atoms with van der Waals surface area (Å²) in [6, 6.07) is 22.0. The van der Waals surface area contributed by atoms with Gasteiger partial charge in [-0.2, -0.15) is 0 Å². The molecule has 0 amide bonds. The highest BCUT2D eigenvalue weighted by molar-refractivity contribution is 7.99. The summed E-state index contributed by atoms with van der Waals surface area (Å²) in [4.78, 5) is 12.8. The van der Waals surface area contributed by atoms with Crippen molar-refractivity contribution in [2.24, 2.45) is 0 Å². The Hall–Kier alpha value is -3.00. The van der Waals surface area contributed by atoms with Gasteiger partial charge in [-0.1, -0.05) is 65.3 Å². The minimum atomic E-state index is -0.455. The molecule has 6 nitrogen and oxygen atoms in total. The van der Waals surface area contributed by atoms with Crippen molar-refractivity contribution in [2.45, 2.75) is 11.3 Å². The van der Waals surface area contributed by atoms with Crippen LogP contribution in [-0.4, -0.2) is 32.9 Å². The van der Waals surface area contributed by atoms with Gasteiger partial charge in [-0.15, -0.1) is 10.2 Å². The van der Waals surface area contributed by atoms with Crippen LogP contribution in [0.25, 0.3) is 5.69 Å². The van der Waals surface area contributed by atoms with E-state index in [1.54, 1.807) is 18.2 Å². The number of aromatic nitrogens is 3. The number of thioether (sulfide) groups is 1. The van der Waals surface area contributed by atoms with Crippen molar-refractivity contribution < 1.29 is 14.3 Å². The summed E-state index contributed by atoms with van der Waals surface area (Å²) in [7, 11) is 0. The minimum absolute atomic E-state index is 0.128. The van der Waals surface area contributed by atoms with Gasteiger partial charge in [0, 0.05) is 16.3 Å². The first-order chi connectivity index (χ1) is 16.1. The lowest BCUT2D eigenvalue weighted by molar-refractivity contribution is 0.0835. The Morgan fingerprint density at radius 1 is 1.00 bits per heavy atom. The zero-order valence-electron chi connectivity index (χ0n) is 17.2. The van der Waals surface area contributed by atoms with E-state index in [0.717, 1.165) is 5.69 Å². The van der Waals surface area contributed by atoms with Gasteiger partial charge in [-0.3, -0.25) is 9.36 Å². The predicted octanol–water partition coefficient (Wildman–Crippen LogP) is 6.06. The largest absolute Gasteiger partial charge is 0.485 e. The minimum Gasteiger partial charge on any atom is -0.485 e. The van der Waals surface area contributed by atoms with Gasteiger partial charge in [0.2, 0.25) is 0 Å². The van der Waals surface area contributed by atoms with E-state index in [1.807, 2.05) is 59.2 Å². The van der Waals surface area contributed by atoms with E-state index >= 15 is 0 Å². The summed E-state index contributed by atoms with van der Waals surface area (Å²) >= 11 is 13.4. The highest BCUT2D eigenvalue weighted by Gasteiger charge is 2.29. The van der Waals surface area contributed by atoms with Crippen molar-refractivity contribution in [1.82, 2.24) is 14.8 Å². The molecule has 1 aliphatic rings. The van der Waals surface area contributed by atoms with Gasteiger partial charge >= 0.3 is 0 Å². The fraction of sp³-hybridized carbons (Fsp3) is 0.125. The molecule has 1 aliphatic heterocycles. The molecule has 0 saturated heterocycles. The molecule has 9 heteroatoms. The van der Waals surface area contributed by atoms with Crippen LogP contribution in [0.3, 0.4) is 0 Å². The Labute approximate surface area is 204 Å². The lowest BCUT2D eigenvalue weighted by Gasteiger charge is -2.26. The topological polar surface area (TPSA) is 66.2 Å². The Balaban J connectivity index is 1.44. The summed E-state index contributed by atoms with van der Waals surface area (Å²) in [5.41, 5.74) is 1.28. The number of fused-ring (bicyclic) bond motifs is 1. The molecular formula is C24H17Cl2N3O3S. The number of nitrogens with zero attached hydrogens (tertiary/aromatic N) is 3. The first-order valence-electron chi connectivity index (χ1n) is 10.1. The van der Waals surface area contributed by atoms with Crippen molar-refractivity contribution in [3.05, 3.63) is 94.2 Å². The van der Waals surface area contributed by atoms with E-state index in [9.17, 15) is 4.79 Å². The molecule has 2 heterocycles. The molecule has 4 aromatic rings. The van der Waals surface area contributed by atoms with Crippen molar-refractivity contribution in [1.29, 1.82) is 0 Å². The van der Waals surface area contributed by atoms with E-state index in [1.165, 1.54) is 11.8 Å². The summed E-state index contributed by atoms with van der Waals surface area (Å²) in [6.45, 7) is 0.298. The number of carbonyl (C=O) groups is 1. The van der Waals surface area contributed by atoms with E-state index in [2.05, 4.69) is 10.2 Å².